The minimum atomic E-state index is -3.60. The van der Waals surface area contributed by atoms with Gasteiger partial charge < -0.3 is 5.32 Å². The van der Waals surface area contributed by atoms with Crippen LogP contribution in [0.15, 0.2) is 64.5 Å². The minimum Gasteiger partial charge on any atom is -0.353 e. The lowest BCUT2D eigenvalue weighted by atomic mass is 9.96. The second-order valence-electron chi connectivity index (χ2n) is 7.12. The Labute approximate surface area is 158 Å². The van der Waals surface area contributed by atoms with Crippen molar-refractivity contribution in [1.82, 2.24) is 10.0 Å². The molecule has 0 radical (unpaired) electrons. The van der Waals surface area contributed by atoms with Crippen molar-refractivity contribution >= 4 is 21.8 Å². The number of hydrogen-bond donors (Lipinski definition) is 2. The van der Waals surface area contributed by atoms with E-state index in [0.717, 1.165) is 12.8 Å². The van der Waals surface area contributed by atoms with Crippen molar-refractivity contribution in [2.45, 2.75) is 36.1 Å². The highest BCUT2D eigenvalue weighted by atomic mass is 32.2. The van der Waals surface area contributed by atoms with E-state index in [0.29, 0.717) is 12.1 Å². The molecule has 0 unspecified atom stereocenters. The summed E-state index contributed by atoms with van der Waals surface area (Å²) in [6, 6.07) is 16.1. The summed E-state index contributed by atoms with van der Waals surface area (Å²) in [5.74, 6) is 0.00531. The summed E-state index contributed by atoms with van der Waals surface area (Å²) >= 11 is 0. The molecule has 2 aliphatic rings. The van der Waals surface area contributed by atoms with Crippen molar-refractivity contribution in [2.24, 2.45) is 4.99 Å². The van der Waals surface area contributed by atoms with Crippen LogP contribution < -0.4 is 10.0 Å². The molecule has 2 aromatic rings. The lowest BCUT2D eigenvalue weighted by molar-refractivity contribution is -0.122. The first-order valence-corrected chi connectivity index (χ1v) is 10.4. The lowest BCUT2D eigenvalue weighted by Crippen LogP contribution is -2.38. The Morgan fingerprint density at radius 2 is 1.81 bits per heavy atom. The van der Waals surface area contributed by atoms with Gasteiger partial charge in [0.2, 0.25) is 5.91 Å². The van der Waals surface area contributed by atoms with E-state index >= 15 is 0 Å². The molecular formula is C20H21N3O3S. The third-order valence-corrected chi connectivity index (χ3v) is 6.60. The van der Waals surface area contributed by atoms with Gasteiger partial charge in [-0.05, 0) is 37.5 Å². The third kappa shape index (κ3) is 3.35. The van der Waals surface area contributed by atoms with Crippen molar-refractivity contribution in [3.8, 4) is 0 Å². The maximum absolute atomic E-state index is 12.5. The van der Waals surface area contributed by atoms with Crippen LogP contribution in [-0.2, 0) is 20.2 Å². The second-order valence-corrected chi connectivity index (χ2v) is 8.77. The fourth-order valence-corrected chi connectivity index (χ4v) is 4.64. The summed E-state index contributed by atoms with van der Waals surface area (Å²) in [6.07, 6.45) is 2.10. The number of nitrogens with zero attached hydrogens (tertiary/aromatic N) is 1. The zero-order chi connectivity index (χ0) is 19.1. The monoisotopic (exact) mass is 383 g/mol. The largest absolute Gasteiger partial charge is 0.353 e. The van der Waals surface area contributed by atoms with Gasteiger partial charge in [0.1, 0.15) is 11.9 Å². The molecule has 140 valence electrons. The van der Waals surface area contributed by atoms with Crippen LogP contribution >= 0.6 is 0 Å². The molecule has 27 heavy (non-hydrogen) atoms. The Kier molecular flexibility index (Phi) is 4.26. The van der Waals surface area contributed by atoms with Gasteiger partial charge in [-0.25, -0.2) is 8.42 Å². The van der Waals surface area contributed by atoms with Crippen molar-refractivity contribution in [3.05, 3.63) is 65.7 Å². The average Bonchev–Trinajstić information content (AvgIpc) is 3.42. The molecule has 0 saturated heterocycles. The molecule has 1 aliphatic carbocycles. The second kappa shape index (κ2) is 6.49. The van der Waals surface area contributed by atoms with Crippen LogP contribution in [0.2, 0.25) is 0 Å². The first kappa shape index (κ1) is 17.7. The van der Waals surface area contributed by atoms with E-state index < -0.39 is 16.1 Å². The maximum Gasteiger partial charge on any atom is 0.263 e. The standard InChI is InChI=1S/C20H21N3O3S/c1-14(22-18-16-9-5-6-10-17(16)27(25,26)23-18)19(24)21-13-20(11-12-20)15-7-3-2-4-8-15/h2-10,14H,11-13H2,1H3,(H,21,24)(H,22,23)/t14-/m0/s1. The summed E-state index contributed by atoms with van der Waals surface area (Å²) in [7, 11) is -3.60. The molecule has 0 spiro atoms. The summed E-state index contributed by atoms with van der Waals surface area (Å²) in [6.45, 7) is 2.23. The van der Waals surface area contributed by atoms with Gasteiger partial charge in [0.05, 0.1) is 4.90 Å². The number of aliphatic imine (C=N–C) groups is 1. The van der Waals surface area contributed by atoms with Gasteiger partial charge >= 0.3 is 0 Å². The highest BCUT2D eigenvalue weighted by Crippen LogP contribution is 2.47. The van der Waals surface area contributed by atoms with Crippen molar-refractivity contribution < 1.29 is 13.2 Å². The molecular weight excluding hydrogens is 362 g/mol. The molecule has 7 heteroatoms. The fraction of sp³-hybridized carbons (Fsp3) is 0.300. The number of nitrogens with one attached hydrogen (secondary N) is 2. The van der Waals surface area contributed by atoms with Gasteiger partial charge in [-0.2, -0.15) is 0 Å². The van der Waals surface area contributed by atoms with Gasteiger partial charge in [-0.15, -0.1) is 0 Å². The minimum absolute atomic E-state index is 0.0192. The zero-order valence-corrected chi connectivity index (χ0v) is 15.8. The van der Waals surface area contributed by atoms with E-state index in [4.69, 9.17) is 0 Å². The van der Waals surface area contributed by atoms with Crippen LogP contribution in [0.5, 0.6) is 0 Å². The molecule has 1 saturated carbocycles. The van der Waals surface area contributed by atoms with Crippen molar-refractivity contribution in [2.75, 3.05) is 6.54 Å². The quantitative estimate of drug-likeness (QED) is 0.827. The molecule has 2 aromatic carbocycles. The van der Waals surface area contributed by atoms with Gasteiger partial charge in [-0.1, -0.05) is 42.5 Å². The molecule has 0 bridgehead atoms. The average molecular weight is 383 g/mol. The first-order chi connectivity index (χ1) is 12.9. The van der Waals surface area contributed by atoms with Crippen LogP contribution in [0.4, 0.5) is 0 Å². The normalized spacial score (nSPS) is 21.1. The molecule has 1 amide bonds. The highest BCUT2D eigenvalue weighted by Gasteiger charge is 2.44. The number of benzene rings is 2. The lowest BCUT2D eigenvalue weighted by Gasteiger charge is -2.17. The third-order valence-electron chi connectivity index (χ3n) is 5.21. The predicted molar refractivity (Wildman–Crippen MR) is 103 cm³/mol. The molecule has 1 heterocycles. The number of amides is 1. The Morgan fingerprint density at radius 1 is 1.15 bits per heavy atom. The molecule has 6 nitrogen and oxygen atoms in total. The Balaban J connectivity index is 1.46. The van der Waals surface area contributed by atoms with E-state index in [1.54, 1.807) is 25.1 Å². The summed E-state index contributed by atoms with van der Waals surface area (Å²) < 4.78 is 26.7. The SMILES string of the molecule is C[C@H](N=C1NS(=O)(=O)c2ccccc21)C(=O)NCC1(c2ccccc2)CC1. The summed E-state index contributed by atoms with van der Waals surface area (Å²) in [5, 5.41) is 2.98. The van der Waals surface area contributed by atoms with Gasteiger partial charge in [0.15, 0.2) is 0 Å². The molecule has 1 atom stereocenters. The van der Waals surface area contributed by atoms with Crippen LogP contribution in [0.1, 0.15) is 30.9 Å². The number of rotatable bonds is 5. The smallest absolute Gasteiger partial charge is 0.263 e. The molecule has 2 N–H and O–H groups in total. The molecule has 1 fully saturated rings. The topological polar surface area (TPSA) is 87.6 Å². The number of sulfonamides is 1. The van der Waals surface area contributed by atoms with Gasteiger partial charge in [-0.3, -0.25) is 14.5 Å². The van der Waals surface area contributed by atoms with Crippen LogP contribution in [-0.4, -0.2) is 32.7 Å². The Hall–Kier alpha value is -2.67. The Morgan fingerprint density at radius 3 is 2.52 bits per heavy atom. The van der Waals surface area contributed by atoms with E-state index in [2.05, 4.69) is 27.2 Å². The van der Waals surface area contributed by atoms with Crippen LogP contribution in [0, 0.1) is 0 Å². The number of carbonyl (C=O) groups is 1. The van der Waals surface area contributed by atoms with Crippen molar-refractivity contribution in [1.29, 1.82) is 0 Å². The number of fused-ring (bicyclic) bond motifs is 1. The predicted octanol–water partition coefficient (Wildman–Crippen LogP) is 1.96. The molecule has 0 aromatic heterocycles. The van der Waals surface area contributed by atoms with Crippen molar-refractivity contribution in [3.63, 3.8) is 0 Å². The molecule has 1 aliphatic heterocycles. The maximum atomic E-state index is 12.5. The van der Waals surface area contributed by atoms with E-state index in [1.807, 2.05) is 18.2 Å². The van der Waals surface area contributed by atoms with E-state index in [1.165, 1.54) is 11.6 Å². The fourth-order valence-electron chi connectivity index (χ4n) is 3.40. The van der Waals surface area contributed by atoms with Crippen LogP contribution in [0.25, 0.3) is 0 Å². The van der Waals surface area contributed by atoms with Crippen LogP contribution in [0.3, 0.4) is 0 Å². The van der Waals surface area contributed by atoms with E-state index in [9.17, 15) is 13.2 Å². The number of carbonyl (C=O) groups excluding carboxylic acids is 1. The number of hydrogen-bond acceptors (Lipinski definition) is 4. The Bertz CT molecular complexity index is 1010. The molecule has 4 rings (SSSR count). The first-order valence-electron chi connectivity index (χ1n) is 8.95. The van der Waals surface area contributed by atoms with E-state index in [-0.39, 0.29) is 22.1 Å². The summed E-state index contributed by atoms with van der Waals surface area (Å²) in [5.41, 5.74) is 1.76. The van der Waals surface area contributed by atoms with Gasteiger partial charge in [0.25, 0.3) is 10.0 Å². The highest BCUT2D eigenvalue weighted by molar-refractivity contribution is 7.90. The number of amidine groups is 1. The summed E-state index contributed by atoms with van der Waals surface area (Å²) in [4.78, 5) is 17.0. The van der Waals surface area contributed by atoms with Gasteiger partial charge in [0, 0.05) is 17.5 Å². The zero-order valence-electron chi connectivity index (χ0n) is 15.0.